The highest BCUT2D eigenvalue weighted by Gasteiger charge is 2.33. The fourth-order valence-electron chi connectivity index (χ4n) is 3.79. The molecule has 27 heavy (non-hydrogen) atoms. The molecule has 1 aliphatic carbocycles. The van der Waals surface area contributed by atoms with Crippen LogP contribution in [0, 0.1) is 13.8 Å². The Bertz CT molecular complexity index is 862. The number of esters is 1. The number of ether oxygens (including phenoxy) is 2. The van der Waals surface area contributed by atoms with Gasteiger partial charge in [0, 0.05) is 5.56 Å². The lowest BCUT2D eigenvalue weighted by molar-refractivity contribution is -0.151. The van der Waals surface area contributed by atoms with Gasteiger partial charge in [-0.15, -0.1) is 0 Å². The minimum Gasteiger partial charge on any atom is -0.482 e. The van der Waals surface area contributed by atoms with Crippen LogP contribution in [0.25, 0.3) is 11.1 Å². The number of aryl methyl sites for hydroxylation is 3. The quantitative estimate of drug-likeness (QED) is 0.461. The Labute approximate surface area is 162 Å². The minimum atomic E-state index is -0.812. The molecule has 1 saturated carbocycles. The maximum atomic E-state index is 12.5. The van der Waals surface area contributed by atoms with Gasteiger partial charge >= 0.3 is 5.97 Å². The van der Waals surface area contributed by atoms with Gasteiger partial charge in [0.25, 0.3) is 0 Å². The Hall–Kier alpha value is -2.55. The molecular weight excluding hydrogens is 336 g/mol. The molecule has 0 bridgehead atoms. The highest BCUT2D eigenvalue weighted by molar-refractivity contribution is 5.84. The molecule has 3 nitrogen and oxygen atoms in total. The van der Waals surface area contributed by atoms with Crippen LogP contribution in [-0.2, 0) is 20.7 Å². The molecule has 1 aliphatic rings. The molecule has 1 atom stereocenters. The second-order valence-corrected chi connectivity index (χ2v) is 7.24. The third-order valence-electron chi connectivity index (χ3n) is 5.44. The molecule has 0 spiro atoms. The second-order valence-electron chi connectivity index (χ2n) is 7.24. The number of hydrogen-bond donors (Lipinski definition) is 0. The van der Waals surface area contributed by atoms with Gasteiger partial charge in [0.2, 0.25) is 6.10 Å². The van der Waals surface area contributed by atoms with E-state index in [0.29, 0.717) is 5.92 Å². The fourth-order valence-corrected chi connectivity index (χ4v) is 3.79. The summed E-state index contributed by atoms with van der Waals surface area (Å²) in [5, 5.41) is 0. The molecule has 0 amide bonds. The third-order valence-corrected chi connectivity index (χ3v) is 5.44. The van der Waals surface area contributed by atoms with Crippen molar-refractivity contribution in [3.05, 3.63) is 71.0 Å². The Kier molecular flexibility index (Phi) is 5.69. The van der Waals surface area contributed by atoms with Crippen LogP contribution in [0.15, 0.2) is 43.2 Å². The Balaban J connectivity index is 2.28. The SMILES string of the molecule is C=COC(C(=O)OC)c1c(C)ccc(C2CC2)c1-c1ccc(C)c(CC)c1. The number of carbonyl (C=O) groups excluding carboxylic acids is 1. The second kappa shape index (κ2) is 7.99. The molecule has 1 fully saturated rings. The Morgan fingerprint density at radius 1 is 1.22 bits per heavy atom. The summed E-state index contributed by atoms with van der Waals surface area (Å²) in [6, 6.07) is 10.9. The van der Waals surface area contributed by atoms with Gasteiger partial charge in [-0.05, 0) is 72.4 Å². The molecule has 1 unspecified atom stereocenters. The van der Waals surface area contributed by atoms with E-state index in [1.807, 2.05) is 6.92 Å². The Morgan fingerprint density at radius 3 is 2.52 bits per heavy atom. The van der Waals surface area contributed by atoms with E-state index in [-0.39, 0.29) is 0 Å². The van der Waals surface area contributed by atoms with Gasteiger partial charge < -0.3 is 9.47 Å². The molecule has 0 heterocycles. The largest absolute Gasteiger partial charge is 0.482 e. The lowest BCUT2D eigenvalue weighted by Crippen LogP contribution is -2.18. The average molecular weight is 364 g/mol. The summed E-state index contributed by atoms with van der Waals surface area (Å²) in [7, 11) is 1.39. The molecule has 3 rings (SSSR count). The fraction of sp³-hybridized carbons (Fsp3) is 0.375. The Morgan fingerprint density at radius 2 is 1.93 bits per heavy atom. The first-order valence-electron chi connectivity index (χ1n) is 9.59. The van der Waals surface area contributed by atoms with E-state index in [4.69, 9.17) is 9.47 Å². The first-order valence-corrected chi connectivity index (χ1v) is 9.59. The summed E-state index contributed by atoms with van der Waals surface area (Å²) in [6.07, 6.45) is 3.86. The average Bonchev–Trinajstić information content (AvgIpc) is 3.51. The molecule has 2 aromatic carbocycles. The number of hydrogen-bond acceptors (Lipinski definition) is 3. The van der Waals surface area contributed by atoms with Gasteiger partial charge in [-0.25, -0.2) is 4.79 Å². The molecule has 3 heteroatoms. The third kappa shape index (κ3) is 3.78. The molecule has 0 N–H and O–H groups in total. The predicted octanol–water partition coefficient (Wildman–Crippen LogP) is 5.78. The maximum Gasteiger partial charge on any atom is 0.351 e. The van der Waals surface area contributed by atoms with Crippen molar-refractivity contribution in [1.29, 1.82) is 0 Å². The van der Waals surface area contributed by atoms with Crippen LogP contribution in [0.1, 0.15) is 59.6 Å². The van der Waals surface area contributed by atoms with Crippen molar-refractivity contribution < 1.29 is 14.3 Å². The van der Waals surface area contributed by atoms with Crippen LogP contribution < -0.4 is 0 Å². The lowest BCUT2D eigenvalue weighted by atomic mass is 9.85. The van der Waals surface area contributed by atoms with Gasteiger partial charge in [0.05, 0.1) is 13.4 Å². The van der Waals surface area contributed by atoms with Crippen molar-refractivity contribution in [3.63, 3.8) is 0 Å². The van der Waals surface area contributed by atoms with E-state index in [1.165, 1.54) is 42.9 Å². The van der Waals surface area contributed by atoms with E-state index in [9.17, 15) is 4.79 Å². The van der Waals surface area contributed by atoms with Crippen LogP contribution in [0.5, 0.6) is 0 Å². The number of benzene rings is 2. The van der Waals surface area contributed by atoms with Crippen molar-refractivity contribution in [3.8, 4) is 11.1 Å². The number of rotatable bonds is 7. The van der Waals surface area contributed by atoms with E-state index < -0.39 is 12.1 Å². The van der Waals surface area contributed by atoms with Gasteiger partial charge in [0.15, 0.2) is 0 Å². The summed E-state index contributed by atoms with van der Waals surface area (Å²) in [5.74, 6) is 0.141. The lowest BCUT2D eigenvalue weighted by Gasteiger charge is -2.23. The molecule has 0 saturated heterocycles. The van der Waals surface area contributed by atoms with Crippen LogP contribution in [0.4, 0.5) is 0 Å². The van der Waals surface area contributed by atoms with Crippen LogP contribution in [0.3, 0.4) is 0 Å². The highest BCUT2D eigenvalue weighted by Crippen LogP contribution is 2.48. The van der Waals surface area contributed by atoms with Gasteiger partial charge in [-0.2, -0.15) is 0 Å². The van der Waals surface area contributed by atoms with Crippen molar-refractivity contribution in [2.75, 3.05) is 7.11 Å². The molecule has 0 radical (unpaired) electrons. The zero-order valence-electron chi connectivity index (χ0n) is 16.7. The zero-order chi connectivity index (χ0) is 19.6. The van der Waals surface area contributed by atoms with E-state index in [1.54, 1.807) is 0 Å². The standard InChI is InChI=1S/C24H28O3/c1-6-17-14-19(10-8-15(17)3)22-20(18-11-12-18)13-9-16(4)21(22)23(27-7-2)24(25)26-5/h7-10,13-14,18,23H,2,6,11-12H2,1,3-5H3. The zero-order valence-corrected chi connectivity index (χ0v) is 16.7. The van der Waals surface area contributed by atoms with E-state index >= 15 is 0 Å². The number of methoxy groups -OCH3 is 1. The van der Waals surface area contributed by atoms with Crippen LogP contribution in [-0.4, -0.2) is 13.1 Å². The van der Waals surface area contributed by atoms with E-state index in [2.05, 4.69) is 50.8 Å². The van der Waals surface area contributed by atoms with Gasteiger partial charge in [0.1, 0.15) is 0 Å². The summed E-state index contributed by atoms with van der Waals surface area (Å²) >= 11 is 0. The summed E-state index contributed by atoms with van der Waals surface area (Å²) < 4.78 is 10.7. The smallest absolute Gasteiger partial charge is 0.351 e. The molecule has 0 aromatic heterocycles. The normalized spacial score (nSPS) is 14.5. The van der Waals surface area contributed by atoms with Gasteiger partial charge in [-0.3, -0.25) is 0 Å². The van der Waals surface area contributed by atoms with Crippen molar-refractivity contribution in [2.24, 2.45) is 0 Å². The minimum absolute atomic E-state index is 0.407. The maximum absolute atomic E-state index is 12.5. The van der Waals surface area contributed by atoms with Crippen molar-refractivity contribution in [1.82, 2.24) is 0 Å². The monoisotopic (exact) mass is 364 g/mol. The van der Waals surface area contributed by atoms with Gasteiger partial charge in [-0.1, -0.05) is 43.8 Å². The number of carbonyl (C=O) groups is 1. The predicted molar refractivity (Wildman–Crippen MR) is 109 cm³/mol. The first kappa shape index (κ1) is 19.2. The molecular formula is C24H28O3. The van der Waals surface area contributed by atoms with E-state index in [0.717, 1.165) is 28.7 Å². The molecule has 0 aliphatic heterocycles. The summed E-state index contributed by atoms with van der Waals surface area (Å²) in [5.41, 5.74) is 8.06. The summed E-state index contributed by atoms with van der Waals surface area (Å²) in [6.45, 7) is 9.98. The van der Waals surface area contributed by atoms with Crippen LogP contribution >= 0.6 is 0 Å². The molecule has 142 valence electrons. The molecule has 2 aromatic rings. The van der Waals surface area contributed by atoms with Crippen LogP contribution in [0.2, 0.25) is 0 Å². The highest BCUT2D eigenvalue weighted by atomic mass is 16.6. The topological polar surface area (TPSA) is 35.5 Å². The first-order chi connectivity index (χ1) is 13.0. The van der Waals surface area contributed by atoms with Crippen molar-refractivity contribution in [2.45, 2.75) is 52.1 Å². The van der Waals surface area contributed by atoms with Crippen molar-refractivity contribution >= 4 is 5.97 Å². The summed E-state index contributed by atoms with van der Waals surface area (Å²) in [4.78, 5) is 12.5.